The highest BCUT2D eigenvalue weighted by molar-refractivity contribution is 7.73. The zero-order valence-corrected chi connectivity index (χ0v) is 18.6. The summed E-state index contributed by atoms with van der Waals surface area (Å²) in [5, 5.41) is 9.51. The average molecular weight is 426 g/mol. The zero-order valence-electron chi connectivity index (χ0n) is 16.2. The second-order valence-electron chi connectivity index (χ2n) is 7.55. The van der Waals surface area contributed by atoms with Crippen LogP contribution in [0.1, 0.15) is 25.8 Å². The second-order valence-corrected chi connectivity index (χ2v) is 9.58. The molecule has 1 N–H and O–H groups in total. The highest BCUT2D eigenvalue weighted by atomic mass is 35.5. The van der Waals surface area contributed by atoms with Crippen molar-refractivity contribution in [1.29, 1.82) is 0 Å². The van der Waals surface area contributed by atoms with Crippen molar-refractivity contribution >= 4 is 46.0 Å². The number of hydrogen-bond acceptors (Lipinski definition) is 6. The van der Waals surface area contributed by atoms with Gasteiger partial charge in [-0.15, -0.1) is 5.10 Å². The van der Waals surface area contributed by atoms with Gasteiger partial charge in [-0.3, -0.25) is 4.90 Å². The summed E-state index contributed by atoms with van der Waals surface area (Å²) >= 11 is 13.2. The third-order valence-corrected chi connectivity index (χ3v) is 6.48. The van der Waals surface area contributed by atoms with Crippen molar-refractivity contribution in [3.05, 3.63) is 32.7 Å². The van der Waals surface area contributed by atoms with E-state index in [0.717, 1.165) is 64.1 Å². The molecular weight excluding hydrogens is 398 g/mol. The largest absolute Gasteiger partial charge is 0.330 e. The number of rotatable bonds is 7. The van der Waals surface area contributed by atoms with Crippen molar-refractivity contribution in [3.8, 4) is 0 Å². The minimum atomic E-state index is 0.748. The molecular formula is C19H28ClN5S2. The molecule has 0 aliphatic carbocycles. The summed E-state index contributed by atoms with van der Waals surface area (Å²) in [7, 11) is 0. The van der Waals surface area contributed by atoms with E-state index in [0.29, 0.717) is 0 Å². The molecule has 148 valence electrons. The molecule has 5 nitrogen and oxygen atoms in total. The number of hydrogen-bond donors (Lipinski definition) is 1. The van der Waals surface area contributed by atoms with Gasteiger partial charge in [0.25, 0.3) is 0 Å². The first kappa shape index (κ1) is 20.7. The van der Waals surface area contributed by atoms with Gasteiger partial charge in [0.2, 0.25) is 5.13 Å². The molecule has 1 aliphatic heterocycles. The lowest BCUT2D eigenvalue weighted by Gasteiger charge is -2.34. The number of piperazine rings is 1. The van der Waals surface area contributed by atoms with Gasteiger partial charge in [0, 0.05) is 36.9 Å². The molecule has 0 unspecified atom stereocenters. The van der Waals surface area contributed by atoms with Crippen molar-refractivity contribution in [1.82, 2.24) is 19.6 Å². The summed E-state index contributed by atoms with van der Waals surface area (Å²) in [4.78, 5) is 4.98. The van der Waals surface area contributed by atoms with Gasteiger partial charge < -0.3 is 10.2 Å². The Kier molecular flexibility index (Phi) is 7.28. The Bertz CT molecular complexity index is 809. The standard InChI is InChI=1S/C19H28ClN5S2/c1-14(2)6-7-23-8-10-24(11-9-23)13-25-19(26)27-18(22-25)21-16-5-4-15(3)17(20)12-16/h4-5,12,14H,6-11,13H2,1-3H3,(H,21,22). The van der Waals surface area contributed by atoms with Crippen molar-refractivity contribution in [2.45, 2.75) is 33.9 Å². The number of nitrogens with one attached hydrogen (secondary N) is 1. The van der Waals surface area contributed by atoms with Crippen molar-refractivity contribution in [2.75, 3.05) is 38.0 Å². The highest BCUT2D eigenvalue weighted by Gasteiger charge is 2.18. The minimum Gasteiger partial charge on any atom is -0.330 e. The molecule has 0 atom stereocenters. The first-order valence-corrected chi connectivity index (χ1v) is 11.1. The van der Waals surface area contributed by atoms with Gasteiger partial charge in [0.15, 0.2) is 3.95 Å². The summed E-state index contributed by atoms with van der Waals surface area (Å²) in [6.45, 7) is 12.9. The van der Waals surface area contributed by atoms with E-state index in [2.05, 4.69) is 34.1 Å². The van der Waals surface area contributed by atoms with Crippen LogP contribution in [0, 0.1) is 16.8 Å². The van der Waals surface area contributed by atoms with E-state index < -0.39 is 0 Å². The van der Waals surface area contributed by atoms with E-state index in [1.165, 1.54) is 24.3 Å². The normalized spacial score (nSPS) is 16.2. The van der Waals surface area contributed by atoms with Crippen LogP contribution in [0.15, 0.2) is 18.2 Å². The Morgan fingerprint density at radius 2 is 1.93 bits per heavy atom. The summed E-state index contributed by atoms with van der Waals surface area (Å²) in [5.41, 5.74) is 1.99. The molecule has 3 rings (SSSR count). The molecule has 0 radical (unpaired) electrons. The molecule has 1 aromatic heterocycles. The van der Waals surface area contributed by atoms with Gasteiger partial charge in [0.1, 0.15) is 0 Å². The van der Waals surface area contributed by atoms with Crippen LogP contribution in [0.5, 0.6) is 0 Å². The van der Waals surface area contributed by atoms with Crippen LogP contribution in [0.2, 0.25) is 5.02 Å². The highest BCUT2D eigenvalue weighted by Crippen LogP contribution is 2.25. The van der Waals surface area contributed by atoms with Crippen LogP contribution < -0.4 is 5.32 Å². The van der Waals surface area contributed by atoms with Crippen molar-refractivity contribution in [3.63, 3.8) is 0 Å². The van der Waals surface area contributed by atoms with E-state index in [9.17, 15) is 0 Å². The Morgan fingerprint density at radius 1 is 1.22 bits per heavy atom. The van der Waals surface area contributed by atoms with Gasteiger partial charge in [-0.1, -0.05) is 42.9 Å². The SMILES string of the molecule is Cc1ccc(Nc2nn(CN3CCN(CCC(C)C)CC3)c(=S)s2)cc1Cl. The Morgan fingerprint density at radius 3 is 2.59 bits per heavy atom. The number of benzene rings is 1. The van der Waals surface area contributed by atoms with Gasteiger partial charge >= 0.3 is 0 Å². The first-order chi connectivity index (χ1) is 12.9. The maximum absolute atomic E-state index is 6.20. The Hall–Kier alpha value is -0.990. The van der Waals surface area contributed by atoms with E-state index in [4.69, 9.17) is 23.8 Å². The fraction of sp³-hybridized carbons (Fsp3) is 0.579. The van der Waals surface area contributed by atoms with Gasteiger partial charge in [-0.05, 0) is 55.7 Å². The van der Waals surface area contributed by atoms with Crippen molar-refractivity contribution < 1.29 is 0 Å². The predicted molar refractivity (Wildman–Crippen MR) is 118 cm³/mol. The van der Waals surface area contributed by atoms with Crippen LogP contribution in [-0.2, 0) is 6.67 Å². The molecule has 1 saturated heterocycles. The molecule has 8 heteroatoms. The number of anilines is 2. The van der Waals surface area contributed by atoms with Crippen LogP contribution in [-0.4, -0.2) is 52.3 Å². The van der Waals surface area contributed by atoms with E-state index in [1.54, 1.807) is 0 Å². The van der Waals surface area contributed by atoms with E-state index in [1.807, 2.05) is 29.8 Å². The quantitative estimate of drug-likeness (QED) is 0.631. The lowest BCUT2D eigenvalue weighted by molar-refractivity contribution is 0.0998. The summed E-state index contributed by atoms with van der Waals surface area (Å²) in [6, 6.07) is 5.92. The summed E-state index contributed by atoms with van der Waals surface area (Å²) in [5.74, 6) is 0.769. The number of halogens is 1. The van der Waals surface area contributed by atoms with Crippen molar-refractivity contribution in [2.24, 2.45) is 5.92 Å². The smallest absolute Gasteiger partial charge is 0.209 e. The number of aryl methyl sites for hydroxylation is 1. The molecule has 1 aromatic carbocycles. The van der Waals surface area contributed by atoms with Crippen LogP contribution in [0.4, 0.5) is 10.8 Å². The van der Waals surface area contributed by atoms with Gasteiger partial charge in [-0.25, -0.2) is 4.68 Å². The van der Waals surface area contributed by atoms with Crippen LogP contribution in [0.25, 0.3) is 0 Å². The van der Waals surface area contributed by atoms with Gasteiger partial charge in [0.05, 0.1) is 6.67 Å². The van der Waals surface area contributed by atoms with E-state index in [-0.39, 0.29) is 0 Å². The fourth-order valence-corrected chi connectivity index (χ4v) is 4.22. The third kappa shape index (κ3) is 5.99. The van der Waals surface area contributed by atoms with Crippen LogP contribution in [0.3, 0.4) is 0 Å². The molecule has 0 spiro atoms. The topological polar surface area (TPSA) is 36.3 Å². The van der Waals surface area contributed by atoms with E-state index >= 15 is 0 Å². The minimum absolute atomic E-state index is 0.748. The maximum atomic E-state index is 6.20. The maximum Gasteiger partial charge on any atom is 0.209 e. The monoisotopic (exact) mass is 425 g/mol. The molecule has 0 bridgehead atoms. The summed E-state index contributed by atoms with van der Waals surface area (Å²) < 4.78 is 2.71. The lowest BCUT2D eigenvalue weighted by atomic mass is 10.1. The Labute approximate surface area is 175 Å². The summed E-state index contributed by atoms with van der Waals surface area (Å²) in [6.07, 6.45) is 1.27. The second kappa shape index (κ2) is 9.47. The zero-order chi connectivity index (χ0) is 19.4. The Balaban J connectivity index is 1.54. The average Bonchev–Trinajstić information content (AvgIpc) is 2.96. The van der Waals surface area contributed by atoms with Gasteiger partial charge in [-0.2, -0.15) is 0 Å². The van der Waals surface area contributed by atoms with Crippen LogP contribution >= 0.6 is 35.2 Å². The number of nitrogens with zero attached hydrogens (tertiary/aromatic N) is 4. The molecule has 2 aromatic rings. The predicted octanol–water partition coefficient (Wildman–Crippen LogP) is 5.00. The number of aromatic nitrogens is 2. The molecule has 2 heterocycles. The lowest BCUT2D eigenvalue weighted by Crippen LogP contribution is -2.47. The molecule has 1 fully saturated rings. The molecule has 0 amide bonds. The molecule has 0 saturated carbocycles. The molecule has 1 aliphatic rings. The fourth-order valence-electron chi connectivity index (χ4n) is 3.02. The molecule has 27 heavy (non-hydrogen) atoms. The first-order valence-electron chi connectivity index (χ1n) is 9.46. The third-order valence-electron chi connectivity index (χ3n) is 4.85.